The number of hydrogen-bond donors (Lipinski definition) is 1. The van der Waals surface area contributed by atoms with Crippen LogP contribution in [0.4, 0.5) is 4.79 Å². The summed E-state index contributed by atoms with van der Waals surface area (Å²) in [4.78, 5) is 19.4. The van der Waals surface area contributed by atoms with Gasteiger partial charge in [-0.3, -0.25) is 0 Å². The van der Waals surface area contributed by atoms with Gasteiger partial charge in [-0.25, -0.2) is 9.78 Å². The molecule has 2 atom stereocenters. The molecule has 0 saturated carbocycles. The predicted octanol–water partition coefficient (Wildman–Crippen LogP) is 6.38. The number of hydrogen-bond acceptors (Lipinski definition) is 4. The van der Waals surface area contributed by atoms with E-state index in [1.165, 1.54) is 0 Å². The average molecular weight is 453 g/mol. The highest BCUT2D eigenvalue weighted by Crippen LogP contribution is 2.35. The zero-order chi connectivity index (χ0) is 22.9. The van der Waals surface area contributed by atoms with Crippen molar-refractivity contribution in [3.63, 3.8) is 0 Å². The molecule has 0 radical (unpaired) electrons. The normalized spacial score (nSPS) is 17.9. The third-order valence-corrected chi connectivity index (χ3v) is 6.00. The maximum absolute atomic E-state index is 12.9. The third-order valence-electron chi connectivity index (χ3n) is 5.75. The first kappa shape index (κ1) is 22.6. The number of para-hydroxylation sites is 1. The lowest BCUT2D eigenvalue weighted by Crippen LogP contribution is -2.48. The number of fused-ring (bicyclic) bond motifs is 1. The summed E-state index contributed by atoms with van der Waals surface area (Å²) in [5, 5.41) is 13.1. The number of rotatable bonds is 3. The standard InChI is InChI=1S/C26H29ClN2O3/c1-26(2,3)32-25(31)29-15-7-6-10-23(29)24(30)20-16-22(17-11-13-18(27)14-12-17)28-21-9-5-4-8-19(20)21/h4-5,8-9,11-14,16,23-24,30H,6-7,10,15H2,1-3H3/t23-,24?/m1/s1. The van der Waals surface area contributed by atoms with Crippen LogP contribution < -0.4 is 0 Å². The molecule has 1 aliphatic heterocycles. The van der Waals surface area contributed by atoms with Gasteiger partial charge in [-0.2, -0.15) is 0 Å². The molecule has 6 heteroatoms. The lowest BCUT2D eigenvalue weighted by atomic mass is 9.90. The van der Waals surface area contributed by atoms with Gasteiger partial charge in [-0.05, 0) is 69.9 Å². The van der Waals surface area contributed by atoms with Crippen LogP contribution >= 0.6 is 11.6 Å². The van der Waals surface area contributed by atoms with Crippen molar-refractivity contribution >= 4 is 28.6 Å². The van der Waals surface area contributed by atoms with Crippen LogP contribution in [0, 0.1) is 0 Å². The molecular formula is C26H29ClN2O3. The summed E-state index contributed by atoms with van der Waals surface area (Å²) in [7, 11) is 0. The molecule has 3 aromatic rings. The zero-order valence-electron chi connectivity index (χ0n) is 18.7. The van der Waals surface area contributed by atoms with E-state index in [2.05, 4.69) is 0 Å². The fourth-order valence-electron chi connectivity index (χ4n) is 4.26. The van der Waals surface area contributed by atoms with Gasteiger partial charge in [-0.1, -0.05) is 41.9 Å². The van der Waals surface area contributed by atoms with Crippen LogP contribution in [0.3, 0.4) is 0 Å². The molecule has 1 saturated heterocycles. The smallest absolute Gasteiger partial charge is 0.410 e. The van der Waals surface area contributed by atoms with Gasteiger partial charge in [0, 0.05) is 22.5 Å². The number of pyridine rings is 1. The number of aromatic nitrogens is 1. The summed E-state index contributed by atoms with van der Waals surface area (Å²) in [6.07, 6.45) is 1.33. The zero-order valence-corrected chi connectivity index (χ0v) is 19.5. The summed E-state index contributed by atoms with van der Waals surface area (Å²) in [5.74, 6) is 0. The molecule has 1 amide bonds. The second-order valence-corrected chi connectivity index (χ2v) is 9.74. The number of benzene rings is 2. The molecule has 5 nitrogen and oxygen atoms in total. The Bertz CT molecular complexity index is 1110. The van der Waals surface area contributed by atoms with Crippen LogP contribution in [0.5, 0.6) is 0 Å². The van der Waals surface area contributed by atoms with Crippen molar-refractivity contribution < 1.29 is 14.6 Å². The van der Waals surface area contributed by atoms with Crippen molar-refractivity contribution in [1.82, 2.24) is 9.88 Å². The summed E-state index contributed by atoms with van der Waals surface area (Å²) in [5.41, 5.74) is 2.65. The molecule has 168 valence electrons. The Morgan fingerprint density at radius 2 is 1.88 bits per heavy atom. The number of nitrogens with zero attached hydrogens (tertiary/aromatic N) is 2. The van der Waals surface area contributed by atoms with E-state index < -0.39 is 11.7 Å². The van der Waals surface area contributed by atoms with E-state index in [4.69, 9.17) is 21.3 Å². The van der Waals surface area contributed by atoms with Crippen LogP contribution in [0.25, 0.3) is 22.2 Å². The first-order valence-electron chi connectivity index (χ1n) is 11.1. The van der Waals surface area contributed by atoms with Crippen LogP contribution in [0.2, 0.25) is 5.02 Å². The molecule has 1 aromatic heterocycles. The lowest BCUT2D eigenvalue weighted by molar-refractivity contribution is -0.0166. The second kappa shape index (κ2) is 9.08. The molecule has 2 heterocycles. The van der Waals surface area contributed by atoms with Gasteiger partial charge in [0.05, 0.1) is 17.3 Å². The topological polar surface area (TPSA) is 62.7 Å². The maximum atomic E-state index is 12.9. The van der Waals surface area contributed by atoms with Gasteiger partial charge in [0.2, 0.25) is 0 Å². The Balaban J connectivity index is 1.75. The number of aliphatic hydroxyl groups excluding tert-OH is 1. The SMILES string of the molecule is CC(C)(C)OC(=O)N1CCCC[C@@H]1C(O)c1cc(-c2ccc(Cl)cc2)nc2ccccc12. The van der Waals surface area contributed by atoms with Crippen LogP contribution in [0.15, 0.2) is 54.6 Å². The van der Waals surface area contributed by atoms with Gasteiger partial charge in [-0.15, -0.1) is 0 Å². The Hall–Kier alpha value is -2.63. The quantitative estimate of drug-likeness (QED) is 0.501. The third kappa shape index (κ3) is 4.89. The van der Waals surface area contributed by atoms with Crippen molar-refractivity contribution in [1.29, 1.82) is 0 Å². The number of amides is 1. The number of piperidine rings is 1. The first-order chi connectivity index (χ1) is 15.2. The minimum atomic E-state index is -0.859. The molecule has 2 aromatic carbocycles. The number of aliphatic hydroxyl groups is 1. The molecule has 1 fully saturated rings. The predicted molar refractivity (Wildman–Crippen MR) is 128 cm³/mol. The summed E-state index contributed by atoms with van der Waals surface area (Å²) < 4.78 is 5.64. The largest absolute Gasteiger partial charge is 0.444 e. The Morgan fingerprint density at radius 1 is 1.16 bits per heavy atom. The summed E-state index contributed by atoms with van der Waals surface area (Å²) >= 11 is 6.06. The number of ether oxygens (including phenoxy) is 1. The molecule has 0 bridgehead atoms. The van der Waals surface area contributed by atoms with Gasteiger partial charge < -0.3 is 14.7 Å². The van der Waals surface area contributed by atoms with Crippen molar-refractivity contribution in [2.24, 2.45) is 0 Å². The van der Waals surface area contributed by atoms with Crippen molar-refractivity contribution in [3.8, 4) is 11.3 Å². The molecule has 1 aliphatic rings. The number of halogens is 1. The number of likely N-dealkylation sites (tertiary alicyclic amines) is 1. The van der Waals surface area contributed by atoms with Crippen molar-refractivity contribution in [2.45, 2.75) is 57.8 Å². The van der Waals surface area contributed by atoms with E-state index in [1.54, 1.807) is 4.90 Å². The van der Waals surface area contributed by atoms with Gasteiger partial charge >= 0.3 is 6.09 Å². The summed E-state index contributed by atoms with van der Waals surface area (Å²) in [6.45, 7) is 6.14. The summed E-state index contributed by atoms with van der Waals surface area (Å²) in [6, 6.07) is 16.8. The highest BCUT2D eigenvalue weighted by molar-refractivity contribution is 6.30. The van der Waals surface area contributed by atoms with E-state index in [-0.39, 0.29) is 12.1 Å². The Morgan fingerprint density at radius 3 is 2.59 bits per heavy atom. The maximum Gasteiger partial charge on any atom is 0.410 e. The average Bonchev–Trinajstić information content (AvgIpc) is 2.77. The van der Waals surface area contributed by atoms with E-state index in [0.29, 0.717) is 18.0 Å². The van der Waals surface area contributed by atoms with Gasteiger partial charge in [0.25, 0.3) is 0 Å². The van der Waals surface area contributed by atoms with Crippen LogP contribution in [0.1, 0.15) is 51.7 Å². The Labute approximate surface area is 194 Å². The molecular weight excluding hydrogens is 424 g/mol. The van der Waals surface area contributed by atoms with Crippen LogP contribution in [-0.2, 0) is 4.74 Å². The van der Waals surface area contributed by atoms with Gasteiger partial charge in [0.1, 0.15) is 11.7 Å². The van der Waals surface area contributed by atoms with E-state index in [0.717, 1.165) is 40.6 Å². The first-order valence-corrected chi connectivity index (χ1v) is 11.4. The van der Waals surface area contributed by atoms with Gasteiger partial charge in [0.15, 0.2) is 0 Å². The minimum absolute atomic E-state index is 0.359. The minimum Gasteiger partial charge on any atom is -0.444 e. The molecule has 4 rings (SSSR count). The van der Waals surface area contributed by atoms with Crippen LogP contribution in [-0.4, -0.2) is 39.3 Å². The number of carbonyl (C=O) groups is 1. The fraction of sp³-hybridized carbons (Fsp3) is 0.385. The van der Waals surface area contributed by atoms with E-state index in [9.17, 15) is 9.90 Å². The molecule has 32 heavy (non-hydrogen) atoms. The van der Waals surface area contributed by atoms with E-state index >= 15 is 0 Å². The lowest BCUT2D eigenvalue weighted by Gasteiger charge is -2.39. The molecule has 0 aliphatic carbocycles. The molecule has 1 unspecified atom stereocenters. The monoisotopic (exact) mass is 452 g/mol. The van der Waals surface area contributed by atoms with E-state index in [1.807, 2.05) is 75.4 Å². The van der Waals surface area contributed by atoms with Crippen molar-refractivity contribution in [3.05, 3.63) is 65.2 Å². The highest BCUT2D eigenvalue weighted by atomic mass is 35.5. The highest BCUT2D eigenvalue weighted by Gasteiger charge is 2.36. The Kier molecular flexibility index (Phi) is 6.40. The van der Waals surface area contributed by atoms with Crippen molar-refractivity contribution in [2.75, 3.05) is 6.54 Å². The molecule has 0 spiro atoms. The number of carbonyl (C=O) groups excluding carboxylic acids is 1. The molecule has 1 N–H and O–H groups in total. The fourth-order valence-corrected chi connectivity index (χ4v) is 4.38. The second-order valence-electron chi connectivity index (χ2n) is 9.30.